The lowest BCUT2D eigenvalue weighted by Crippen LogP contribution is -2.34. The minimum Gasteiger partial charge on any atom is -0.423 e. The van der Waals surface area contributed by atoms with Gasteiger partial charge in [0.25, 0.3) is 0 Å². The molecule has 5 heteroatoms. The third-order valence-corrected chi connectivity index (χ3v) is 5.14. The molecule has 2 aromatic rings. The van der Waals surface area contributed by atoms with E-state index in [0.29, 0.717) is 31.5 Å². The van der Waals surface area contributed by atoms with Crippen LogP contribution >= 0.6 is 0 Å². The zero-order chi connectivity index (χ0) is 17.3. The maximum Gasteiger partial charge on any atom is 0.336 e. The molecule has 1 aromatic heterocycles. The highest BCUT2D eigenvalue weighted by atomic mass is 16.4. The van der Waals surface area contributed by atoms with E-state index in [9.17, 15) is 15.0 Å². The summed E-state index contributed by atoms with van der Waals surface area (Å²) in [4.78, 5) is 14.1. The van der Waals surface area contributed by atoms with Crippen LogP contribution in [0.5, 0.6) is 0 Å². The van der Waals surface area contributed by atoms with Gasteiger partial charge in [-0.2, -0.15) is 0 Å². The third-order valence-electron chi connectivity index (χ3n) is 5.14. The maximum atomic E-state index is 11.9. The van der Waals surface area contributed by atoms with E-state index in [4.69, 9.17) is 4.42 Å². The highest BCUT2D eigenvalue weighted by molar-refractivity contribution is 5.81. The van der Waals surface area contributed by atoms with E-state index in [1.54, 1.807) is 6.07 Å². The van der Waals surface area contributed by atoms with E-state index in [1.807, 2.05) is 13.0 Å². The molecule has 2 N–H and O–H groups in total. The fourth-order valence-corrected chi connectivity index (χ4v) is 3.41. The number of hydrogen-bond acceptors (Lipinski definition) is 5. The van der Waals surface area contributed by atoms with Crippen molar-refractivity contribution in [2.24, 2.45) is 0 Å². The van der Waals surface area contributed by atoms with Crippen molar-refractivity contribution in [1.82, 2.24) is 4.90 Å². The number of fused-ring (bicyclic) bond motifs is 1. The Morgan fingerprint density at radius 2 is 1.92 bits per heavy atom. The molecule has 1 aromatic carbocycles. The van der Waals surface area contributed by atoms with Crippen molar-refractivity contribution in [3.8, 4) is 0 Å². The standard InChI is InChI=1S/C19H25NO4/c1-13-8-16-15(10-18(22)24-17(16)9-14(13)2)11-20-6-3-4-19(23,12-21)5-7-20/h8-10,21,23H,3-7,11-12H2,1-2H3. The summed E-state index contributed by atoms with van der Waals surface area (Å²) in [5.41, 5.74) is 2.55. The number of aliphatic hydroxyl groups is 2. The number of aryl methyl sites for hydroxylation is 2. The lowest BCUT2D eigenvalue weighted by molar-refractivity contribution is -0.0255. The van der Waals surface area contributed by atoms with Gasteiger partial charge in [0.05, 0.1) is 12.2 Å². The average Bonchev–Trinajstić information content (AvgIpc) is 2.72. The molecule has 1 atom stereocenters. The Morgan fingerprint density at radius 3 is 2.67 bits per heavy atom. The van der Waals surface area contributed by atoms with Crippen LogP contribution in [-0.4, -0.2) is 40.4 Å². The molecule has 5 nitrogen and oxygen atoms in total. The highest BCUT2D eigenvalue weighted by Gasteiger charge is 2.29. The van der Waals surface area contributed by atoms with Crippen molar-refractivity contribution in [1.29, 1.82) is 0 Å². The largest absolute Gasteiger partial charge is 0.423 e. The molecule has 1 unspecified atom stereocenters. The smallest absolute Gasteiger partial charge is 0.336 e. The molecule has 1 aliphatic rings. The minimum absolute atomic E-state index is 0.197. The van der Waals surface area contributed by atoms with Crippen LogP contribution in [0.1, 0.15) is 36.0 Å². The Hall–Kier alpha value is -1.69. The van der Waals surface area contributed by atoms with Crippen LogP contribution in [-0.2, 0) is 6.54 Å². The number of benzene rings is 1. The summed E-state index contributed by atoms with van der Waals surface area (Å²) in [6.07, 6.45) is 1.98. The number of likely N-dealkylation sites (tertiary alicyclic amines) is 1. The molecule has 0 amide bonds. The van der Waals surface area contributed by atoms with Gasteiger partial charge in [-0.15, -0.1) is 0 Å². The number of rotatable bonds is 3. The summed E-state index contributed by atoms with van der Waals surface area (Å²) in [6.45, 7) is 6.05. The predicted octanol–water partition coefficient (Wildman–Crippen LogP) is 2.12. The Kier molecular flexibility index (Phi) is 4.76. The first-order valence-corrected chi connectivity index (χ1v) is 8.50. The maximum absolute atomic E-state index is 11.9. The van der Waals surface area contributed by atoms with Crippen molar-refractivity contribution >= 4 is 11.0 Å². The van der Waals surface area contributed by atoms with Gasteiger partial charge in [-0.3, -0.25) is 4.90 Å². The van der Waals surface area contributed by atoms with Gasteiger partial charge < -0.3 is 14.6 Å². The lowest BCUT2D eigenvalue weighted by Gasteiger charge is -2.24. The number of nitrogens with zero attached hydrogens (tertiary/aromatic N) is 1. The van der Waals surface area contributed by atoms with Crippen LogP contribution < -0.4 is 5.63 Å². The SMILES string of the molecule is Cc1cc2oc(=O)cc(CN3CCCC(O)(CO)CC3)c2cc1C. The number of hydrogen-bond donors (Lipinski definition) is 2. The topological polar surface area (TPSA) is 73.9 Å². The van der Waals surface area contributed by atoms with E-state index in [0.717, 1.165) is 29.5 Å². The first-order valence-electron chi connectivity index (χ1n) is 8.50. The Labute approximate surface area is 141 Å². The zero-order valence-electron chi connectivity index (χ0n) is 14.3. The van der Waals surface area contributed by atoms with Crippen molar-refractivity contribution in [2.45, 2.75) is 45.3 Å². The molecule has 0 bridgehead atoms. The molecule has 130 valence electrons. The molecule has 2 heterocycles. The van der Waals surface area contributed by atoms with Gasteiger partial charge in [0.2, 0.25) is 0 Å². The van der Waals surface area contributed by atoms with Crippen LogP contribution in [0.4, 0.5) is 0 Å². The zero-order valence-corrected chi connectivity index (χ0v) is 14.3. The molecule has 3 rings (SSSR count). The van der Waals surface area contributed by atoms with Crippen molar-refractivity contribution in [2.75, 3.05) is 19.7 Å². The minimum atomic E-state index is -0.972. The molecule has 0 saturated carbocycles. The highest BCUT2D eigenvalue weighted by Crippen LogP contribution is 2.26. The molecular formula is C19H25NO4. The summed E-state index contributed by atoms with van der Waals surface area (Å²) in [5, 5.41) is 20.6. The molecular weight excluding hydrogens is 306 g/mol. The first kappa shape index (κ1) is 17.1. The van der Waals surface area contributed by atoms with E-state index >= 15 is 0 Å². The fraction of sp³-hybridized carbons (Fsp3) is 0.526. The second-order valence-corrected chi connectivity index (χ2v) is 7.04. The first-order chi connectivity index (χ1) is 11.4. The van der Waals surface area contributed by atoms with E-state index in [1.165, 1.54) is 5.56 Å². The van der Waals surface area contributed by atoms with E-state index in [2.05, 4.69) is 17.9 Å². The van der Waals surface area contributed by atoms with E-state index < -0.39 is 5.60 Å². The molecule has 0 radical (unpaired) electrons. The predicted molar refractivity (Wildman–Crippen MR) is 93.1 cm³/mol. The fourth-order valence-electron chi connectivity index (χ4n) is 3.41. The van der Waals surface area contributed by atoms with Gasteiger partial charge in [-0.05, 0) is 68.5 Å². The molecule has 24 heavy (non-hydrogen) atoms. The van der Waals surface area contributed by atoms with Gasteiger partial charge in [0, 0.05) is 24.5 Å². The Morgan fingerprint density at radius 1 is 1.17 bits per heavy atom. The van der Waals surface area contributed by atoms with Gasteiger partial charge in [0.1, 0.15) is 5.58 Å². The molecule has 1 aliphatic heterocycles. The summed E-state index contributed by atoms with van der Waals surface area (Å²) in [7, 11) is 0. The van der Waals surface area contributed by atoms with Gasteiger partial charge in [-0.25, -0.2) is 4.79 Å². The van der Waals surface area contributed by atoms with Crippen LogP contribution in [0.25, 0.3) is 11.0 Å². The van der Waals surface area contributed by atoms with Crippen LogP contribution in [0, 0.1) is 13.8 Å². The normalized spacial score (nSPS) is 22.7. The van der Waals surface area contributed by atoms with Gasteiger partial charge in [-0.1, -0.05) is 0 Å². The van der Waals surface area contributed by atoms with Gasteiger partial charge in [0.15, 0.2) is 0 Å². The quantitative estimate of drug-likeness (QED) is 0.843. The van der Waals surface area contributed by atoms with E-state index in [-0.39, 0.29) is 12.2 Å². The molecule has 0 aliphatic carbocycles. The lowest BCUT2D eigenvalue weighted by atomic mass is 9.96. The van der Waals surface area contributed by atoms with Crippen LogP contribution in [0.2, 0.25) is 0 Å². The second-order valence-electron chi connectivity index (χ2n) is 7.04. The Bertz CT molecular complexity index is 798. The molecule has 1 saturated heterocycles. The number of aliphatic hydroxyl groups excluding tert-OH is 1. The molecule has 1 fully saturated rings. The molecule has 0 spiro atoms. The van der Waals surface area contributed by atoms with Crippen molar-refractivity contribution in [3.05, 3.63) is 45.3 Å². The third kappa shape index (κ3) is 3.53. The summed E-state index contributed by atoms with van der Waals surface area (Å²) in [5.74, 6) is 0. The van der Waals surface area contributed by atoms with Gasteiger partial charge >= 0.3 is 5.63 Å². The summed E-state index contributed by atoms with van der Waals surface area (Å²) in [6, 6.07) is 5.56. The average molecular weight is 331 g/mol. The van der Waals surface area contributed by atoms with Crippen LogP contribution in [0.15, 0.2) is 27.4 Å². The summed E-state index contributed by atoms with van der Waals surface area (Å²) < 4.78 is 5.36. The van der Waals surface area contributed by atoms with Crippen LogP contribution in [0.3, 0.4) is 0 Å². The monoisotopic (exact) mass is 331 g/mol. The Balaban J connectivity index is 1.90. The van der Waals surface area contributed by atoms with Crippen molar-refractivity contribution in [3.63, 3.8) is 0 Å². The second kappa shape index (κ2) is 6.67. The van der Waals surface area contributed by atoms with Crippen molar-refractivity contribution < 1.29 is 14.6 Å². The summed E-state index contributed by atoms with van der Waals surface area (Å²) >= 11 is 0.